The van der Waals surface area contributed by atoms with E-state index >= 15 is 0 Å². The Labute approximate surface area is 68.2 Å². The second-order valence-corrected chi connectivity index (χ2v) is 4.09. The molecule has 0 spiro atoms. The summed E-state index contributed by atoms with van der Waals surface area (Å²) in [4.78, 5) is 11.2. The van der Waals surface area contributed by atoms with Crippen molar-refractivity contribution in [2.75, 3.05) is 0 Å². The van der Waals surface area contributed by atoms with Gasteiger partial charge in [-0.2, -0.15) is 0 Å². The Morgan fingerprint density at radius 3 is 2.55 bits per heavy atom. The van der Waals surface area contributed by atoms with Gasteiger partial charge in [-0.3, -0.25) is 4.79 Å². The maximum Gasteiger partial charge on any atom is 0.133 e. The Kier molecular flexibility index (Phi) is 1.97. The van der Waals surface area contributed by atoms with E-state index in [1.807, 2.05) is 0 Å². The van der Waals surface area contributed by atoms with Crippen molar-refractivity contribution >= 4 is 5.78 Å². The topological polar surface area (TPSA) is 17.1 Å². The molecule has 0 saturated heterocycles. The molecule has 2 aliphatic carbocycles. The first-order valence-electron chi connectivity index (χ1n) is 4.88. The lowest BCUT2D eigenvalue weighted by Crippen LogP contribution is -2.06. The molecule has 1 heteroatoms. The lowest BCUT2D eigenvalue weighted by atomic mass is 9.95. The van der Waals surface area contributed by atoms with Crippen LogP contribution in [0.3, 0.4) is 0 Å². The molecule has 0 aliphatic heterocycles. The van der Waals surface area contributed by atoms with Crippen molar-refractivity contribution in [3.05, 3.63) is 0 Å². The van der Waals surface area contributed by atoms with E-state index in [9.17, 15) is 4.79 Å². The van der Waals surface area contributed by atoms with Gasteiger partial charge in [-0.15, -0.1) is 0 Å². The molecule has 2 rings (SSSR count). The van der Waals surface area contributed by atoms with Gasteiger partial charge in [0.1, 0.15) is 5.78 Å². The SMILES string of the molecule is O=C1CCCCC(C2CC2)C1. The molecule has 2 aliphatic rings. The van der Waals surface area contributed by atoms with Crippen LogP contribution in [0.1, 0.15) is 44.9 Å². The van der Waals surface area contributed by atoms with Gasteiger partial charge in [0.25, 0.3) is 0 Å². The number of Topliss-reactive ketones (excluding diaryl/α,β-unsaturated/α-hetero) is 1. The summed E-state index contributed by atoms with van der Waals surface area (Å²) in [6.07, 6.45) is 8.36. The van der Waals surface area contributed by atoms with Crippen molar-refractivity contribution in [2.45, 2.75) is 44.9 Å². The summed E-state index contributed by atoms with van der Waals surface area (Å²) in [7, 11) is 0. The Bertz CT molecular complexity index is 158. The maximum absolute atomic E-state index is 11.2. The molecule has 2 fully saturated rings. The third-order valence-electron chi connectivity index (χ3n) is 3.06. The van der Waals surface area contributed by atoms with Gasteiger partial charge in [0.2, 0.25) is 0 Å². The van der Waals surface area contributed by atoms with E-state index in [-0.39, 0.29) is 0 Å². The van der Waals surface area contributed by atoms with Crippen molar-refractivity contribution < 1.29 is 4.79 Å². The highest BCUT2D eigenvalue weighted by atomic mass is 16.1. The van der Waals surface area contributed by atoms with Crippen molar-refractivity contribution in [3.8, 4) is 0 Å². The third-order valence-corrected chi connectivity index (χ3v) is 3.06. The van der Waals surface area contributed by atoms with Crippen LogP contribution in [0.15, 0.2) is 0 Å². The van der Waals surface area contributed by atoms with Crippen LogP contribution in [0.25, 0.3) is 0 Å². The summed E-state index contributed by atoms with van der Waals surface area (Å²) in [6.45, 7) is 0. The standard InChI is InChI=1S/C10H16O/c11-10-4-2-1-3-9(7-10)8-5-6-8/h8-9H,1-7H2. The van der Waals surface area contributed by atoms with Gasteiger partial charge in [-0.1, -0.05) is 6.42 Å². The molecule has 0 aromatic carbocycles. The number of hydrogen-bond acceptors (Lipinski definition) is 1. The number of carbonyl (C=O) groups excluding carboxylic acids is 1. The third kappa shape index (κ3) is 1.82. The van der Waals surface area contributed by atoms with Crippen molar-refractivity contribution in [1.29, 1.82) is 0 Å². The van der Waals surface area contributed by atoms with Crippen LogP contribution in [-0.2, 0) is 4.79 Å². The van der Waals surface area contributed by atoms with Gasteiger partial charge in [0, 0.05) is 12.8 Å². The Morgan fingerprint density at radius 1 is 1.00 bits per heavy atom. The first kappa shape index (κ1) is 7.33. The highest BCUT2D eigenvalue weighted by Gasteiger charge is 2.32. The van der Waals surface area contributed by atoms with Crippen molar-refractivity contribution in [1.82, 2.24) is 0 Å². The fourth-order valence-corrected chi connectivity index (χ4v) is 2.20. The minimum absolute atomic E-state index is 0.527. The molecule has 2 saturated carbocycles. The Morgan fingerprint density at radius 2 is 1.82 bits per heavy atom. The first-order valence-corrected chi connectivity index (χ1v) is 4.88. The summed E-state index contributed by atoms with van der Waals surface area (Å²) >= 11 is 0. The van der Waals surface area contributed by atoms with Crippen LogP contribution >= 0.6 is 0 Å². The summed E-state index contributed by atoms with van der Waals surface area (Å²) in [6, 6.07) is 0. The van der Waals surface area contributed by atoms with E-state index in [0.717, 1.165) is 31.1 Å². The van der Waals surface area contributed by atoms with Gasteiger partial charge in [0.05, 0.1) is 0 Å². The van der Waals surface area contributed by atoms with E-state index in [1.54, 1.807) is 0 Å². The van der Waals surface area contributed by atoms with Crippen LogP contribution in [0.2, 0.25) is 0 Å². The highest BCUT2D eigenvalue weighted by molar-refractivity contribution is 5.78. The maximum atomic E-state index is 11.2. The average molecular weight is 152 g/mol. The number of carbonyl (C=O) groups is 1. The largest absolute Gasteiger partial charge is 0.300 e. The van der Waals surface area contributed by atoms with Gasteiger partial charge in [0.15, 0.2) is 0 Å². The van der Waals surface area contributed by atoms with E-state index < -0.39 is 0 Å². The zero-order chi connectivity index (χ0) is 7.68. The van der Waals surface area contributed by atoms with Crippen LogP contribution in [0.5, 0.6) is 0 Å². The quantitative estimate of drug-likeness (QED) is 0.528. The van der Waals surface area contributed by atoms with E-state index in [0.29, 0.717) is 5.78 Å². The molecule has 11 heavy (non-hydrogen) atoms. The fourth-order valence-electron chi connectivity index (χ4n) is 2.20. The predicted molar refractivity (Wildman–Crippen MR) is 44.3 cm³/mol. The second-order valence-electron chi connectivity index (χ2n) is 4.09. The smallest absolute Gasteiger partial charge is 0.133 e. The zero-order valence-electron chi connectivity index (χ0n) is 7.01. The Hall–Kier alpha value is -0.330. The van der Waals surface area contributed by atoms with E-state index in [2.05, 4.69) is 0 Å². The van der Waals surface area contributed by atoms with Crippen molar-refractivity contribution in [3.63, 3.8) is 0 Å². The molecular formula is C10H16O. The summed E-state index contributed by atoms with van der Waals surface area (Å²) in [5, 5.41) is 0. The molecule has 0 radical (unpaired) electrons. The minimum Gasteiger partial charge on any atom is -0.300 e. The molecule has 0 bridgehead atoms. The predicted octanol–water partition coefficient (Wildman–Crippen LogP) is 2.55. The van der Waals surface area contributed by atoms with E-state index in [1.165, 1.54) is 25.7 Å². The molecule has 0 aromatic heterocycles. The summed E-state index contributed by atoms with van der Waals surface area (Å²) in [5.41, 5.74) is 0. The van der Waals surface area contributed by atoms with Gasteiger partial charge < -0.3 is 0 Å². The van der Waals surface area contributed by atoms with E-state index in [4.69, 9.17) is 0 Å². The van der Waals surface area contributed by atoms with Crippen LogP contribution in [0.4, 0.5) is 0 Å². The molecule has 1 nitrogen and oxygen atoms in total. The number of rotatable bonds is 1. The second kappa shape index (κ2) is 2.96. The molecule has 0 heterocycles. The summed E-state index contributed by atoms with van der Waals surface area (Å²) < 4.78 is 0. The Balaban J connectivity index is 1.91. The van der Waals surface area contributed by atoms with Crippen LogP contribution in [-0.4, -0.2) is 5.78 Å². The molecule has 1 unspecified atom stereocenters. The fraction of sp³-hybridized carbons (Fsp3) is 0.900. The summed E-state index contributed by atoms with van der Waals surface area (Å²) in [5.74, 6) is 2.25. The van der Waals surface area contributed by atoms with Gasteiger partial charge in [-0.05, 0) is 37.5 Å². The normalized spacial score (nSPS) is 33.5. The van der Waals surface area contributed by atoms with Gasteiger partial charge >= 0.3 is 0 Å². The first-order chi connectivity index (χ1) is 5.36. The molecule has 1 atom stereocenters. The van der Waals surface area contributed by atoms with Gasteiger partial charge in [-0.25, -0.2) is 0 Å². The zero-order valence-corrected chi connectivity index (χ0v) is 7.01. The average Bonchev–Trinajstić information content (AvgIpc) is 2.71. The van der Waals surface area contributed by atoms with Crippen LogP contribution in [0, 0.1) is 11.8 Å². The molecule has 0 aromatic rings. The lowest BCUT2D eigenvalue weighted by molar-refractivity contribution is -0.119. The molecule has 0 N–H and O–H groups in total. The molecular weight excluding hydrogens is 136 g/mol. The van der Waals surface area contributed by atoms with Crippen molar-refractivity contribution in [2.24, 2.45) is 11.8 Å². The number of hydrogen-bond donors (Lipinski definition) is 0. The molecule has 62 valence electrons. The minimum atomic E-state index is 0.527. The lowest BCUT2D eigenvalue weighted by Gasteiger charge is -2.10. The monoisotopic (exact) mass is 152 g/mol. The highest BCUT2D eigenvalue weighted by Crippen LogP contribution is 2.42. The van der Waals surface area contributed by atoms with Crippen LogP contribution < -0.4 is 0 Å². The molecule has 0 amide bonds. The number of ketones is 1.